The van der Waals surface area contributed by atoms with Gasteiger partial charge in [-0.25, -0.2) is 19.6 Å². The van der Waals surface area contributed by atoms with Crippen LogP contribution in [0.25, 0.3) is 0 Å². The Hall–Kier alpha value is -2.09. The number of halogens is 1. The van der Waals surface area contributed by atoms with Gasteiger partial charge in [0.1, 0.15) is 16.8 Å². The number of hydrogen-bond donors (Lipinski definition) is 1. The molecule has 2 heterocycles. The van der Waals surface area contributed by atoms with Gasteiger partial charge in [0.25, 0.3) is 0 Å². The summed E-state index contributed by atoms with van der Waals surface area (Å²) in [4.78, 5) is 33.8. The quantitative estimate of drug-likeness (QED) is 0.654. The molecule has 1 N–H and O–H groups in total. The highest BCUT2D eigenvalue weighted by molar-refractivity contribution is 6.29. The largest absolute Gasteiger partial charge is 0.467 e. The molecule has 2 atom stereocenters. The van der Waals surface area contributed by atoms with Crippen LogP contribution in [0.4, 0.5) is 10.7 Å². The van der Waals surface area contributed by atoms with Crippen LogP contribution in [0.2, 0.25) is 5.15 Å². The standard InChI is InChI=1S/C15H21ClN4O4/c1-15(2,3)24-14(22)20-8-9(7-10(20)12(21)23-4)18-13-17-6-5-11(16)19-13/h5-6,9-10H,7-8H2,1-4H3,(H,17,18,19)/t9-,10-/m0/s1. The van der Waals surface area contributed by atoms with Crippen molar-refractivity contribution < 1.29 is 19.1 Å². The zero-order valence-corrected chi connectivity index (χ0v) is 14.8. The lowest BCUT2D eigenvalue weighted by Crippen LogP contribution is -2.44. The number of likely N-dealkylation sites (tertiary alicyclic amines) is 1. The summed E-state index contributed by atoms with van der Waals surface area (Å²) in [6, 6.07) is 0.618. The predicted octanol–water partition coefficient (Wildman–Crippen LogP) is 2.09. The van der Waals surface area contributed by atoms with Gasteiger partial charge in [0.2, 0.25) is 5.95 Å². The van der Waals surface area contributed by atoms with Gasteiger partial charge in [-0.1, -0.05) is 11.6 Å². The summed E-state index contributed by atoms with van der Waals surface area (Å²) in [5, 5.41) is 3.38. The Morgan fingerprint density at radius 1 is 1.42 bits per heavy atom. The van der Waals surface area contributed by atoms with Crippen molar-refractivity contribution in [2.45, 2.75) is 44.9 Å². The molecule has 1 amide bonds. The molecule has 0 aliphatic carbocycles. The minimum Gasteiger partial charge on any atom is -0.467 e. The van der Waals surface area contributed by atoms with Gasteiger partial charge in [0, 0.05) is 25.2 Å². The smallest absolute Gasteiger partial charge is 0.411 e. The van der Waals surface area contributed by atoms with E-state index < -0.39 is 23.7 Å². The van der Waals surface area contributed by atoms with Crippen LogP contribution < -0.4 is 5.32 Å². The zero-order valence-electron chi connectivity index (χ0n) is 14.1. The molecule has 1 aliphatic heterocycles. The van der Waals surface area contributed by atoms with Crippen LogP contribution in [-0.4, -0.2) is 58.3 Å². The molecule has 2 rings (SSSR count). The van der Waals surface area contributed by atoms with Crippen LogP contribution in [0.3, 0.4) is 0 Å². The predicted molar refractivity (Wildman–Crippen MR) is 87.8 cm³/mol. The lowest BCUT2D eigenvalue weighted by molar-refractivity contribution is -0.145. The molecule has 24 heavy (non-hydrogen) atoms. The van der Waals surface area contributed by atoms with E-state index in [1.165, 1.54) is 18.2 Å². The molecule has 1 fully saturated rings. The van der Waals surface area contributed by atoms with Gasteiger partial charge in [0.05, 0.1) is 7.11 Å². The molecular weight excluding hydrogens is 336 g/mol. The Labute approximate surface area is 145 Å². The Kier molecular flexibility index (Phi) is 5.48. The monoisotopic (exact) mass is 356 g/mol. The van der Waals surface area contributed by atoms with Gasteiger partial charge in [0.15, 0.2) is 0 Å². The van der Waals surface area contributed by atoms with Crippen molar-refractivity contribution in [3.8, 4) is 0 Å². The van der Waals surface area contributed by atoms with E-state index in [-0.39, 0.29) is 12.6 Å². The molecule has 0 unspecified atom stereocenters. The molecule has 132 valence electrons. The van der Waals surface area contributed by atoms with Crippen LogP contribution in [0.1, 0.15) is 27.2 Å². The fourth-order valence-electron chi connectivity index (χ4n) is 2.41. The van der Waals surface area contributed by atoms with E-state index in [0.717, 1.165) is 0 Å². The number of methoxy groups -OCH3 is 1. The van der Waals surface area contributed by atoms with Crippen molar-refractivity contribution in [2.75, 3.05) is 19.0 Å². The summed E-state index contributed by atoms with van der Waals surface area (Å²) < 4.78 is 10.2. The molecule has 0 aromatic carbocycles. The first kappa shape index (κ1) is 18.3. The molecular formula is C15H21ClN4O4. The third-order valence-electron chi connectivity index (χ3n) is 3.36. The molecule has 0 bridgehead atoms. The highest BCUT2D eigenvalue weighted by Gasteiger charge is 2.42. The van der Waals surface area contributed by atoms with E-state index in [0.29, 0.717) is 17.5 Å². The molecule has 0 radical (unpaired) electrons. The van der Waals surface area contributed by atoms with E-state index in [4.69, 9.17) is 21.1 Å². The topological polar surface area (TPSA) is 93.6 Å². The Morgan fingerprint density at radius 2 is 2.12 bits per heavy atom. The summed E-state index contributed by atoms with van der Waals surface area (Å²) in [5.41, 5.74) is -0.653. The van der Waals surface area contributed by atoms with Gasteiger partial charge in [-0.3, -0.25) is 4.90 Å². The summed E-state index contributed by atoms with van der Waals surface area (Å²) in [5.74, 6) is -0.153. The Balaban J connectivity index is 2.11. The van der Waals surface area contributed by atoms with Crippen LogP contribution >= 0.6 is 11.6 Å². The first-order chi connectivity index (χ1) is 11.2. The van der Waals surface area contributed by atoms with Gasteiger partial charge in [-0.15, -0.1) is 0 Å². The summed E-state index contributed by atoms with van der Waals surface area (Å²) in [6.45, 7) is 5.57. The minimum atomic E-state index is -0.721. The number of carbonyl (C=O) groups excluding carboxylic acids is 2. The Bertz CT molecular complexity index is 620. The van der Waals surface area contributed by atoms with Crippen molar-refractivity contribution >= 4 is 29.6 Å². The average Bonchev–Trinajstić information content (AvgIpc) is 2.88. The van der Waals surface area contributed by atoms with E-state index >= 15 is 0 Å². The molecule has 0 spiro atoms. The number of nitrogens with zero attached hydrogens (tertiary/aromatic N) is 3. The number of carbonyl (C=O) groups is 2. The molecule has 9 heteroatoms. The number of ether oxygens (including phenoxy) is 2. The lowest BCUT2D eigenvalue weighted by Gasteiger charge is -2.27. The highest BCUT2D eigenvalue weighted by atomic mass is 35.5. The summed E-state index contributed by atoms with van der Waals surface area (Å²) >= 11 is 5.83. The van der Waals surface area contributed by atoms with Crippen molar-refractivity contribution in [3.05, 3.63) is 17.4 Å². The van der Waals surface area contributed by atoms with Crippen LogP contribution in [-0.2, 0) is 14.3 Å². The number of anilines is 1. The minimum absolute atomic E-state index is 0.222. The Morgan fingerprint density at radius 3 is 2.71 bits per heavy atom. The summed E-state index contributed by atoms with van der Waals surface area (Å²) in [7, 11) is 1.29. The molecule has 0 saturated carbocycles. The second-order valence-corrected chi connectivity index (χ2v) is 6.84. The molecule has 1 aromatic rings. The van der Waals surface area contributed by atoms with Crippen molar-refractivity contribution in [3.63, 3.8) is 0 Å². The maximum Gasteiger partial charge on any atom is 0.411 e. The number of amides is 1. The number of aromatic nitrogens is 2. The van der Waals surface area contributed by atoms with Gasteiger partial charge >= 0.3 is 12.1 Å². The maximum absolute atomic E-state index is 12.4. The highest BCUT2D eigenvalue weighted by Crippen LogP contribution is 2.24. The normalized spacial score (nSPS) is 20.6. The molecule has 1 saturated heterocycles. The summed E-state index contributed by atoms with van der Waals surface area (Å²) in [6.07, 6.45) is 1.33. The fourth-order valence-corrected chi connectivity index (χ4v) is 2.55. The van der Waals surface area contributed by atoms with Crippen molar-refractivity contribution in [2.24, 2.45) is 0 Å². The first-order valence-electron chi connectivity index (χ1n) is 7.52. The van der Waals surface area contributed by atoms with Crippen molar-refractivity contribution in [1.82, 2.24) is 14.9 Å². The lowest BCUT2D eigenvalue weighted by atomic mass is 10.2. The van der Waals surface area contributed by atoms with Crippen LogP contribution in [0.5, 0.6) is 0 Å². The van der Waals surface area contributed by atoms with Gasteiger partial charge < -0.3 is 14.8 Å². The van der Waals surface area contributed by atoms with E-state index in [1.807, 2.05) is 0 Å². The van der Waals surface area contributed by atoms with Gasteiger partial charge in [-0.05, 0) is 26.8 Å². The third-order valence-corrected chi connectivity index (χ3v) is 3.57. The number of rotatable bonds is 3. The van der Waals surface area contributed by atoms with E-state index in [2.05, 4.69) is 15.3 Å². The van der Waals surface area contributed by atoms with Crippen LogP contribution in [0, 0.1) is 0 Å². The number of esters is 1. The number of hydrogen-bond acceptors (Lipinski definition) is 7. The van der Waals surface area contributed by atoms with Crippen molar-refractivity contribution in [1.29, 1.82) is 0 Å². The average molecular weight is 357 g/mol. The van der Waals surface area contributed by atoms with E-state index in [9.17, 15) is 9.59 Å². The first-order valence-corrected chi connectivity index (χ1v) is 7.90. The van der Waals surface area contributed by atoms with Crippen LogP contribution in [0.15, 0.2) is 12.3 Å². The molecule has 8 nitrogen and oxygen atoms in total. The fraction of sp³-hybridized carbons (Fsp3) is 0.600. The second kappa shape index (κ2) is 7.21. The second-order valence-electron chi connectivity index (χ2n) is 6.45. The van der Waals surface area contributed by atoms with Gasteiger partial charge in [-0.2, -0.15) is 0 Å². The molecule has 1 aromatic heterocycles. The zero-order chi connectivity index (χ0) is 17.9. The third kappa shape index (κ3) is 4.70. The maximum atomic E-state index is 12.4. The SMILES string of the molecule is COC(=O)[C@@H]1C[C@H](Nc2nccc(Cl)n2)CN1C(=O)OC(C)(C)C. The number of nitrogens with one attached hydrogen (secondary N) is 1. The van der Waals surface area contributed by atoms with E-state index in [1.54, 1.807) is 26.8 Å². The molecule has 1 aliphatic rings.